The SMILES string of the molecule is C#CCCNC(=O)CCc1ccco1. The van der Waals surface area contributed by atoms with E-state index in [-0.39, 0.29) is 5.91 Å². The Kier molecular flexibility index (Phi) is 4.36. The van der Waals surface area contributed by atoms with Crippen LogP contribution in [0.3, 0.4) is 0 Å². The van der Waals surface area contributed by atoms with Crippen molar-refractivity contribution in [1.82, 2.24) is 5.32 Å². The van der Waals surface area contributed by atoms with Crippen LogP contribution in [-0.2, 0) is 11.2 Å². The van der Waals surface area contributed by atoms with Gasteiger partial charge in [-0.15, -0.1) is 12.3 Å². The van der Waals surface area contributed by atoms with E-state index in [1.165, 1.54) is 0 Å². The molecule has 0 unspecified atom stereocenters. The third kappa shape index (κ3) is 3.81. The van der Waals surface area contributed by atoms with E-state index in [2.05, 4.69) is 11.2 Å². The normalized spacial score (nSPS) is 9.36. The summed E-state index contributed by atoms with van der Waals surface area (Å²) >= 11 is 0. The molecule has 1 heterocycles. The van der Waals surface area contributed by atoms with Crippen LogP contribution in [0, 0.1) is 12.3 Å². The summed E-state index contributed by atoms with van der Waals surface area (Å²) in [7, 11) is 0. The molecule has 74 valence electrons. The molecule has 1 rings (SSSR count). The minimum absolute atomic E-state index is 0.0108. The Hall–Kier alpha value is -1.69. The second kappa shape index (κ2) is 5.87. The van der Waals surface area contributed by atoms with Crippen molar-refractivity contribution in [2.75, 3.05) is 6.54 Å². The Balaban J connectivity index is 2.13. The fourth-order valence-corrected chi connectivity index (χ4v) is 1.05. The van der Waals surface area contributed by atoms with Gasteiger partial charge in [-0.1, -0.05) is 0 Å². The maximum Gasteiger partial charge on any atom is 0.220 e. The van der Waals surface area contributed by atoms with Crippen molar-refractivity contribution >= 4 is 5.91 Å². The van der Waals surface area contributed by atoms with Gasteiger partial charge < -0.3 is 9.73 Å². The van der Waals surface area contributed by atoms with Gasteiger partial charge >= 0.3 is 0 Å². The summed E-state index contributed by atoms with van der Waals surface area (Å²) in [6.45, 7) is 0.549. The number of nitrogens with one attached hydrogen (secondary N) is 1. The highest BCUT2D eigenvalue weighted by atomic mass is 16.3. The molecule has 1 amide bonds. The molecule has 0 aliphatic heterocycles. The average molecular weight is 191 g/mol. The molecule has 1 N–H and O–H groups in total. The number of furan rings is 1. The van der Waals surface area contributed by atoms with E-state index in [1.807, 2.05) is 12.1 Å². The van der Waals surface area contributed by atoms with Gasteiger partial charge in [-0.2, -0.15) is 0 Å². The van der Waals surface area contributed by atoms with E-state index >= 15 is 0 Å². The zero-order valence-corrected chi connectivity index (χ0v) is 7.95. The summed E-state index contributed by atoms with van der Waals surface area (Å²) in [5.41, 5.74) is 0. The topological polar surface area (TPSA) is 42.2 Å². The molecule has 1 aromatic heterocycles. The van der Waals surface area contributed by atoms with Crippen LogP contribution in [0.1, 0.15) is 18.6 Å². The van der Waals surface area contributed by atoms with Crippen molar-refractivity contribution in [3.05, 3.63) is 24.2 Å². The minimum atomic E-state index is 0.0108. The number of aryl methyl sites for hydroxylation is 1. The molecule has 0 aliphatic rings. The molecule has 0 radical (unpaired) electrons. The molecule has 0 spiro atoms. The van der Waals surface area contributed by atoms with Gasteiger partial charge in [-0.05, 0) is 12.1 Å². The van der Waals surface area contributed by atoms with Crippen molar-refractivity contribution in [2.45, 2.75) is 19.3 Å². The third-order valence-electron chi connectivity index (χ3n) is 1.77. The number of carbonyl (C=O) groups excluding carboxylic acids is 1. The first kappa shape index (κ1) is 10.4. The highest BCUT2D eigenvalue weighted by Crippen LogP contribution is 2.02. The number of terminal acetylenes is 1. The van der Waals surface area contributed by atoms with Crippen LogP contribution in [0.2, 0.25) is 0 Å². The molecule has 3 nitrogen and oxygen atoms in total. The van der Waals surface area contributed by atoms with Gasteiger partial charge in [0, 0.05) is 25.8 Å². The fraction of sp³-hybridized carbons (Fsp3) is 0.364. The molecule has 0 saturated heterocycles. The van der Waals surface area contributed by atoms with Crippen LogP contribution in [-0.4, -0.2) is 12.5 Å². The van der Waals surface area contributed by atoms with E-state index in [0.717, 1.165) is 5.76 Å². The highest BCUT2D eigenvalue weighted by molar-refractivity contribution is 5.76. The quantitative estimate of drug-likeness (QED) is 0.564. The number of hydrogen-bond acceptors (Lipinski definition) is 2. The van der Waals surface area contributed by atoms with Gasteiger partial charge in [0.25, 0.3) is 0 Å². The first-order valence-corrected chi connectivity index (χ1v) is 4.55. The summed E-state index contributed by atoms with van der Waals surface area (Å²) < 4.78 is 5.10. The second-order valence-electron chi connectivity index (χ2n) is 2.88. The van der Waals surface area contributed by atoms with Crippen LogP contribution in [0.5, 0.6) is 0 Å². The molecule has 0 aromatic carbocycles. The predicted octanol–water partition coefficient (Wildman–Crippen LogP) is 1.35. The van der Waals surface area contributed by atoms with Gasteiger partial charge in [0.1, 0.15) is 5.76 Å². The molecule has 0 aliphatic carbocycles. The smallest absolute Gasteiger partial charge is 0.220 e. The molecular weight excluding hydrogens is 178 g/mol. The third-order valence-corrected chi connectivity index (χ3v) is 1.77. The van der Waals surface area contributed by atoms with Crippen molar-refractivity contribution in [3.63, 3.8) is 0 Å². The maximum absolute atomic E-state index is 11.2. The van der Waals surface area contributed by atoms with Gasteiger partial charge in [0.2, 0.25) is 5.91 Å². The standard InChI is InChI=1S/C11H13NO2/c1-2-3-8-12-11(13)7-6-10-5-4-9-14-10/h1,4-5,9H,3,6-8H2,(H,12,13). The molecule has 0 fully saturated rings. The summed E-state index contributed by atoms with van der Waals surface area (Å²) in [6.07, 6.45) is 8.30. The van der Waals surface area contributed by atoms with Crippen LogP contribution >= 0.6 is 0 Å². The van der Waals surface area contributed by atoms with Gasteiger partial charge in [-0.25, -0.2) is 0 Å². The molecule has 14 heavy (non-hydrogen) atoms. The van der Waals surface area contributed by atoms with Crippen molar-refractivity contribution in [3.8, 4) is 12.3 Å². The Bertz CT molecular complexity index is 309. The maximum atomic E-state index is 11.2. The second-order valence-corrected chi connectivity index (χ2v) is 2.88. The van der Waals surface area contributed by atoms with Crippen molar-refractivity contribution < 1.29 is 9.21 Å². The summed E-state index contributed by atoms with van der Waals surface area (Å²) in [5, 5.41) is 2.72. The zero-order valence-electron chi connectivity index (χ0n) is 7.95. The summed E-state index contributed by atoms with van der Waals surface area (Å²) in [4.78, 5) is 11.2. The highest BCUT2D eigenvalue weighted by Gasteiger charge is 2.02. The van der Waals surface area contributed by atoms with E-state index in [9.17, 15) is 4.79 Å². The Morgan fingerprint density at radius 3 is 3.14 bits per heavy atom. The first-order valence-electron chi connectivity index (χ1n) is 4.55. The lowest BCUT2D eigenvalue weighted by Gasteiger charge is -2.00. The van der Waals surface area contributed by atoms with Crippen LogP contribution in [0.25, 0.3) is 0 Å². The van der Waals surface area contributed by atoms with Crippen LogP contribution < -0.4 is 5.32 Å². The van der Waals surface area contributed by atoms with Crippen LogP contribution in [0.15, 0.2) is 22.8 Å². The fourth-order valence-electron chi connectivity index (χ4n) is 1.05. The summed E-state index contributed by atoms with van der Waals surface area (Å²) in [6, 6.07) is 3.67. The number of rotatable bonds is 5. The molecule has 1 aromatic rings. The van der Waals surface area contributed by atoms with Gasteiger partial charge in [0.15, 0.2) is 0 Å². The minimum Gasteiger partial charge on any atom is -0.469 e. The van der Waals surface area contributed by atoms with Crippen molar-refractivity contribution in [2.24, 2.45) is 0 Å². The number of hydrogen-bond donors (Lipinski definition) is 1. The van der Waals surface area contributed by atoms with Crippen LogP contribution in [0.4, 0.5) is 0 Å². The van der Waals surface area contributed by atoms with Crippen molar-refractivity contribution in [1.29, 1.82) is 0 Å². The molecular formula is C11H13NO2. The Morgan fingerprint density at radius 1 is 1.64 bits per heavy atom. The largest absolute Gasteiger partial charge is 0.469 e. The Morgan fingerprint density at radius 2 is 2.50 bits per heavy atom. The molecule has 0 bridgehead atoms. The average Bonchev–Trinajstić information content (AvgIpc) is 2.68. The lowest BCUT2D eigenvalue weighted by molar-refractivity contribution is -0.121. The monoisotopic (exact) mass is 191 g/mol. The van der Waals surface area contributed by atoms with E-state index in [4.69, 9.17) is 10.8 Å². The number of amides is 1. The van der Waals surface area contributed by atoms with E-state index in [1.54, 1.807) is 6.26 Å². The van der Waals surface area contributed by atoms with E-state index < -0.39 is 0 Å². The van der Waals surface area contributed by atoms with Gasteiger partial charge in [-0.3, -0.25) is 4.79 Å². The zero-order chi connectivity index (χ0) is 10.2. The number of carbonyl (C=O) groups is 1. The Labute approximate surface area is 83.5 Å². The lowest BCUT2D eigenvalue weighted by Crippen LogP contribution is -2.24. The van der Waals surface area contributed by atoms with E-state index in [0.29, 0.717) is 25.8 Å². The predicted molar refractivity (Wildman–Crippen MR) is 53.5 cm³/mol. The van der Waals surface area contributed by atoms with Gasteiger partial charge in [0.05, 0.1) is 6.26 Å². The molecule has 0 atom stereocenters. The first-order chi connectivity index (χ1) is 6.83. The molecule has 0 saturated carbocycles. The molecule has 3 heteroatoms. The summed E-state index contributed by atoms with van der Waals surface area (Å²) in [5.74, 6) is 3.30. The lowest BCUT2D eigenvalue weighted by atomic mass is 10.2.